The number of hydrogen-bond donors (Lipinski definition) is 0. The van der Waals surface area contributed by atoms with Crippen molar-refractivity contribution in [3.63, 3.8) is 0 Å². The lowest BCUT2D eigenvalue weighted by Gasteiger charge is -2.18. The van der Waals surface area contributed by atoms with Crippen molar-refractivity contribution in [2.45, 2.75) is 6.54 Å². The highest BCUT2D eigenvalue weighted by Crippen LogP contribution is 2.22. The lowest BCUT2D eigenvalue weighted by atomic mass is 10.1. The molecule has 0 saturated heterocycles. The summed E-state index contributed by atoms with van der Waals surface area (Å²) in [5.41, 5.74) is 1.07. The Bertz CT molecular complexity index is 892. The molecule has 0 aliphatic heterocycles. The van der Waals surface area contributed by atoms with Crippen molar-refractivity contribution < 1.29 is 13.9 Å². The Kier molecular flexibility index (Phi) is 4.47. The van der Waals surface area contributed by atoms with E-state index in [1.54, 1.807) is 26.3 Å². The average Bonchev–Trinajstić information content (AvgIpc) is 2.61. The van der Waals surface area contributed by atoms with Crippen LogP contribution in [0.5, 0.6) is 5.75 Å². The van der Waals surface area contributed by atoms with Crippen LogP contribution in [0.2, 0.25) is 0 Å². The average molecular weight is 323 g/mol. The molecule has 3 aromatic rings. The molecule has 122 valence electrons. The van der Waals surface area contributed by atoms with E-state index in [0.29, 0.717) is 6.54 Å². The summed E-state index contributed by atoms with van der Waals surface area (Å²) in [6.07, 6.45) is 0. The molecule has 0 bridgehead atoms. The molecule has 0 aromatic heterocycles. The molecule has 0 heterocycles. The van der Waals surface area contributed by atoms with Gasteiger partial charge in [-0.15, -0.1) is 0 Å². The zero-order valence-corrected chi connectivity index (χ0v) is 13.6. The maximum atomic E-state index is 13.8. The van der Waals surface area contributed by atoms with Gasteiger partial charge < -0.3 is 9.64 Å². The minimum absolute atomic E-state index is 0.0884. The van der Waals surface area contributed by atoms with Gasteiger partial charge in [0.25, 0.3) is 5.91 Å². The lowest BCUT2D eigenvalue weighted by Crippen LogP contribution is -2.27. The van der Waals surface area contributed by atoms with E-state index in [9.17, 15) is 9.18 Å². The van der Waals surface area contributed by atoms with Gasteiger partial charge >= 0.3 is 0 Å². The van der Waals surface area contributed by atoms with Crippen LogP contribution in [0.4, 0.5) is 4.39 Å². The predicted molar refractivity (Wildman–Crippen MR) is 92.7 cm³/mol. The molecule has 0 aliphatic carbocycles. The van der Waals surface area contributed by atoms with Crippen molar-refractivity contribution >= 4 is 16.7 Å². The molecule has 3 aromatic carbocycles. The van der Waals surface area contributed by atoms with Crippen LogP contribution in [0.1, 0.15) is 15.9 Å². The number of rotatable bonds is 4. The molecule has 0 fully saturated rings. The van der Waals surface area contributed by atoms with Crippen LogP contribution < -0.4 is 4.74 Å². The molecule has 0 saturated carbocycles. The third-order valence-corrected chi connectivity index (χ3v) is 3.98. The molecular weight excluding hydrogens is 305 g/mol. The number of hydrogen-bond acceptors (Lipinski definition) is 2. The van der Waals surface area contributed by atoms with E-state index in [1.165, 1.54) is 17.0 Å². The van der Waals surface area contributed by atoms with E-state index in [2.05, 4.69) is 0 Å². The Hall–Kier alpha value is -2.88. The minimum atomic E-state index is -0.500. The van der Waals surface area contributed by atoms with Gasteiger partial charge in [-0.1, -0.05) is 30.3 Å². The number of carbonyl (C=O) groups excluding carboxylic acids is 1. The van der Waals surface area contributed by atoms with Gasteiger partial charge in [0.05, 0.1) is 12.7 Å². The summed E-state index contributed by atoms with van der Waals surface area (Å²) in [5.74, 6) is -0.0232. The van der Waals surface area contributed by atoms with Gasteiger partial charge in [-0.2, -0.15) is 0 Å². The van der Waals surface area contributed by atoms with Crippen LogP contribution in [0.3, 0.4) is 0 Å². The zero-order valence-electron chi connectivity index (χ0n) is 13.6. The number of ether oxygens (including phenoxy) is 1. The molecule has 0 unspecified atom stereocenters. The standard InChI is InChI=1S/C20H18FNO2/c1-22(20(23)18-5-3-4-6-19(18)21)13-14-7-8-16-12-17(24-2)10-9-15(16)11-14/h3-12H,13H2,1-2H3. The SMILES string of the molecule is COc1ccc2cc(CN(C)C(=O)c3ccccc3F)ccc2c1. The Morgan fingerprint density at radius 2 is 1.75 bits per heavy atom. The minimum Gasteiger partial charge on any atom is -0.497 e. The van der Waals surface area contributed by atoms with Gasteiger partial charge in [-0.25, -0.2) is 4.39 Å². The van der Waals surface area contributed by atoms with E-state index in [4.69, 9.17) is 4.74 Å². The van der Waals surface area contributed by atoms with E-state index >= 15 is 0 Å². The van der Waals surface area contributed by atoms with Gasteiger partial charge in [0, 0.05) is 13.6 Å². The first-order chi connectivity index (χ1) is 11.6. The highest BCUT2D eigenvalue weighted by atomic mass is 19.1. The largest absolute Gasteiger partial charge is 0.497 e. The van der Waals surface area contributed by atoms with Crippen molar-refractivity contribution in [2.24, 2.45) is 0 Å². The summed E-state index contributed by atoms with van der Waals surface area (Å²) in [6.45, 7) is 0.412. The number of benzene rings is 3. The number of fused-ring (bicyclic) bond motifs is 1. The summed E-state index contributed by atoms with van der Waals surface area (Å²) in [5, 5.41) is 2.14. The number of amides is 1. The first kappa shape index (κ1) is 16.0. The van der Waals surface area contributed by atoms with Crippen molar-refractivity contribution in [3.8, 4) is 5.75 Å². The first-order valence-corrected chi connectivity index (χ1v) is 7.65. The molecule has 0 spiro atoms. The zero-order chi connectivity index (χ0) is 17.1. The highest BCUT2D eigenvalue weighted by molar-refractivity contribution is 5.94. The van der Waals surface area contributed by atoms with E-state index < -0.39 is 5.82 Å². The number of halogens is 1. The van der Waals surface area contributed by atoms with Crippen LogP contribution in [-0.2, 0) is 6.54 Å². The second kappa shape index (κ2) is 6.71. The van der Waals surface area contributed by atoms with Gasteiger partial charge in [0.15, 0.2) is 0 Å². The van der Waals surface area contributed by atoms with Crippen LogP contribution in [0, 0.1) is 5.82 Å². The fourth-order valence-electron chi connectivity index (χ4n) is 2.68. The molecule has 4 heteroatoms. The summed E-state index contributed by atoms with van der Waals surface area (Å²) >= 11 is 0. The fourth-order valence-corrected chi connectivity index (χ4v) is 2.68. The molecule has 0 atom stereocenters. The molecular formula is C20H18FNO2. The fraction of sp³-hybridized carbons (Fsp3) is 0.150. The van der Waals surface area contributed by atoms with Gasteiger partial charge in [0.1, 0.15) is 11.6 Å². The Morgan fingerprint density at radius 3 is 2.50 bits per heavy atom. The van der Waals surface area contributed by atoms with E-state index in [1.807, 2.05) is 36.4 Å². The molecule has 0 radical (unpaired) electrons. The van der Waals surface area contributed by atoms with Crippen LogP contribution in [0.25, 0.3) is 10.8 Å². The van der Waals surface area contributed by atoms with Crippen LogP contribution >= 0.6 is 0 Å². The van der Waals surface area contributed by atoms with Crippen LogP contribution in [0.15, 0.2) is 60.7 Å². The van der Waals surface area contributed by atoms with Crippen molar-refractivity contribution in [2.75, 3.05) is 14.2 Å². The maximum absolute atomic E-state index is 13.8. The quantitative estimate of drug-likeness (QED) is 0.718. The molecule has 3 nitrogen and oxygen atoms in total. The summed E-state index contributed by atoms with van der Waals surface area (Å²) < 4.78 is 19.0. The Morgan fingerprint density at radius 1 is 1.04 bits per heavy atom. The van der Waals surface area contributed by atoms with Crippen LogP contribution in [-0.4, -0.2) is 25.0 Å². The summed E-state index contributed by atoms with van der Waals surface area (Å²) in [6, 6.07) is 17.9. The number of methoxy groups -OCH3 is 1. The monoisotopic (exact) mass is 323 g/mol. The van der Waals surface area contributed by atoms with Gasteiger partial charge in [-0.3, -0.25) is 4.79 Å². The molecule has 24 heavy (non-hydrogen) atoms. The predicted octanol–water partition coefficient (Wildman–Crippen LogP) is 4.26. The summed E-state index contributed by atoms with van der Waals surface area (Å²) in [4.78, 5) is 13.9. The third-order valence-electron chi connectivity index (χ3n) is 3.98. The third kappa shape index (κ3) is 3.23. The molecule has 1 amide bonds. The van der Waals surface area contributed by atoms with Crippen molar-refractivity contribution in [1.82, 2.24) is 4.90 Å². The van der Waals surface area contributed by atoms with E-state index in [-0.39, 0.29) is 11.5 Å². The first-order valence-electron chi connectivity index (χ1n) is 7.65. The van der Waals surface area contributed by atoms with E-state index in [0.717, 1.165) is 22.1 Å². The molecule has 0 N–H and O–H groups in total. The van der Waals surface area contributed by atoms with Gasteiger partial charge in [0.2, 0.25) is 0 Å². The van der Waals surface area contributed by atoms with Crippen molar-refractivity contribution in [1.29, 1.82) is 0 Å². The van der Waals surface area contributed by atoms with Crippen molar-refractivity contribution in [3.05, 3.63) is 77.6 Å². The smallest absolute Gasteiger partial charge is 0.256 e. The van der Waals surface area contributed by atoms with Gasteiger partial charge in [-0.05, 0) is 46.7 Å². The Balaban J connectivity index is 1.81. The summed E-state index contributed by atoms with van der Waals surface area (Å²) in [7, 11) is 3.31. The number of carbonyl (C=O) groups is 1. The topological polar surface area (TPSA) is 29.5 Å². The number of nitrogens with zero attached hydrogens (tertiary/aromatic N) is 1. The normalized spacial score (nSPS) is 10.6. The Labute approximate surface area is 140 Å². The maximum Gasteiger partial charge on any atom is 0.256 e. The highest BCUT2D eigenvalue weighted by Gasteiger charge is 2.15. The molecule has 0 aliphatic rings. The second-order valence-electron chi connectivity index (χ2n) is 5.69. The second-order valence-corrected chi connectivity index (χ2v) is 5.69. The lowest BCUT2D eigenvalue weighted by molar-refractivity contribution is 0.0780. The molecule has 3 rings (SSSR count).